The minimum Gasteiger partial charge on any atom is -0.392 e. The average Bonchev–Trinajstić information content (AvgIpc) is 3.19. The Hall–Kier alpha value is -0.280. The predicted octanol–water partition coefficient (Wildman–Crippen LogP) is 1.16. The van der Waals surface area contributed by atoms with Crippen molar-refractivity contribution in [2.75, 3.05) is 48.1 Å². The number of likely N-dealkylation sites (tertiary alicyclic amines) is 1. The highest BCUT2D eigenvalue weighted by molar-refractivity contribution is 5.35. The van der Waals surface area contributed by atoms with Crippen molar-refractivity contribution in [2.45, 2.75) is 68.7 Å². The van der Waals surface area contributed by atoms with Crippen LogP contribution in [0, 0.1) is 40.4 Å². The van der Waals surface area contributed by atoms with Crippen LogP contribution in [-0.2, 0) is 18.9 Å². The number of aliphatic hydroxyl groups excluding tert-OH is 1. The first-order valence-corrected chi connectivity index (χ1v) is 12.6. The average molecular weight is 452 g/mol. The van der Waals surface area contributed by atoms with Crippen LogP contribution in [-0.4, -0.2) is 99.3 Å². The maximum Gasteiger partial charge on any atom is 0.0796 e. The molecule has 13 atom stereocenters. The molecule has 7 heteroatoms. The summed E-state index contributed by atoms with van der Waals surface area (Å²) in [4.78, 5) is 2.62. The summed E-state index contributed by atoms with van der Waals surface area (Å²) in [5.41, 5.74) is -1.18. The third-order valence-electron chi connectivity index (χ3n) is 11.4. The fourth-order valence-corrected chi connectivity index (χ4v) is 11.0. The van der Waals surface area contributed by atoms with Gasteiger partial charge in [-0.25, -0.2) is 0 Å². The van der Waals surface area contributed by atoms with Gasteiger partial charge in [-0.2, -0.15) is 0 Å². The second-order valence-electron chi connectivity index (χ2n) is 11.8. The lowest BCUT2D eigenvalue weighted by Gasteiger charge is -2.69. The van der Waals surface area contributed by atoms with E-state index in [-0.39, 0.29) is 64.8 Å². The van der Waals surface area contributed by atoms with Crippen molar-refractivity contribution in [2.24, 2.45) is 40.4 Å². The first-order valence-electron chi connectivity index (χ1n) is 12.6. The summed E-state index contributed by atoms with van der Waals surface area (Å²) < 4.78 is 24.5. The number of fused-ring (bicyclic) bond motifs is 2. The molecule has 0 amide bonds. The van der Waals surface area contributed by atoms with Crippen molar-refractivity contribution in [3.63, 3.8) is 0 Å². The molecule has 6 fully saturated rings. The number of hydrogen-bond donors (Lipinski definition) is 2. The maximum absolute atomic E-state index is 12.6. The topological polar surface area (TPSA) is 80.6 Å². The fourth-order valence-electron chi connectivity index (χ4n) is 11.0. The number of hydrogen-bond acceptors (Lipinski definition) is 7. The minimum atomic E-state index is -0.999. The van der Waals surface area contributed by atoms with Gasteiger partial charge in [-0.05, 0) is 31.7 Å². The maximum atomic E-state index is 12.6. The van der Waals surface area contributed by atoms with Crippen molar-refractivity contribution < 1.29 is 29.2 Å². The number of methoxy groups -OCH3 is 4. The molecule has 6 aliphatic rings. The van der Waals surface area contributed by atoms with Crippen molar-refractivity contribution in [1.82, 2.24) is 4.90 Å². The smallest absolute Gasteiger partial charge is 0.0796 e. The third-order valence-corrected chi connectivity index (χ3v) is 11.4. The first-order chi connectivity index (χ1) is 15.4. The van der Waals surface area contributed by atoms with E-state index in [0.29, 0.717) is 13.0 Å². The first kappa shape index (κ1) is 22.2. The monoisotopic (exact) mass is 451 g/mol. The van der Waals surface area contributed by atoms with E-state index >= 15 is 0 Å². The van der Waals surface area contributed by atoms with Crippen LogP contribution in [0.2, 0.25) is 0 Å². The number of aliphatic hydroxyl groups is 2. The van der Waals surface area contributed by atoms with Crippen LogP contribution in [0.25, 0.3) is 0 Å². The van der Waals surface area contributed by atoms with Gasteiger partial charge in [-0.1, -0.05) is 6.92 Å². The highest BCUT2D eigenvalue weighted by Gasteiger charge is 2.86. The molecule has 1 saturated heterocycles. The molecule has 1 spiro atoms. The molecule has 2 N–H and O–H groups in total. The van der Waals surface area contributed by atoms with Crippen LogP contribution in [0.15, 0.2) is 0 Å². The summed E-state index contributed by atoms with van der Waals surface area (Å²) in [5, 5.41) is 24.1. The molecule has 7 bridgehead atoms. The van der Waals surface area contributed by atoms with Gasteiger partial charge in [0.05, 0.1) is 36.6 Å². The zero-order valence-electron chi connectivity index (χ0n) is 20.2. The Morgan fingerprint density at radius 1 is 1.06 bits per heavy atom. The van der Waals surface area contributed by atoms with Gasteiger partial charge >= 0.3 is 0 Å². The Bertz CT molecular complexity index is 767. The van der Waals surface area contributed by atoms with E-state index in [2.05, 4.69) is 11.8 Å². The zero-order valence-corrected chi connectivity index (χ0v) is 20.2. The van der Waals surface area contributed by atoms with Gasteiger partial charge in [-0.15, -0.1) is 0 Å². The number of ether oxygens (including phenoxy) is 4. The molecule has 0 unspecified atom stereocenters. The molecule has 1 heterocycles. The lowest BCUT2D eigenvalue weighted by molar-refractivity contribution is -0.276. The van der Waals surface area contributed by atoms with Gasteiger partial charge in [0.2, 0.25) is 0 Å². The molecule has 7 nitrogen and oxygen atoms in total. The van der Waals surface area contributed by atoms with Crippen molar-refractivity contribution >= 4 is 0 Å². The number of piperidine rings is 1. The predicted molar refractivity (Wildman–Crippen MR) is 117 cm³/mol. The zero-order chi connectivity index (χ0) is 22.6. The Kier molecular flexibility index (Phi) is 4.94. The molecule has 182 valence electrons. The molecular weight excluding hydrogens is 410 g/mol. The molecule has 0 radical (unpaired) electrons. The summed E-state index contributed by atoms with van der Waals surface area (Å²) in [6.07, 6.45) is 2.89. The Balaban J connectivity index is 1.63. The molecule has 5 aliphatic carbocycles. The second kappa shape index (κ2) is 7.12. The number of nitrogens with zero attached hydrogens (tertiary/aromatic N) is 1. The van der Waals surface area contributed by atoms with Crippen LogP contribution < -0.4 is 0 Å². The molecule has 32 heavy (non-hydrogen) atoms. The highest BCUT2D eigenvalue weighted by Crippen LogP contribution is 2.79. The molecule has 0 aromatic heterocycles. The van der Waals surface area contributed by atoms with E-state index in [1.54, 1.807) is 7.11 Å². The van der Waals surface area contributed by atoms with Crippen LogP contribution in [0.1, 0.15) is 32.6 Å². The van der Waals surface area contributed by atoms with Crippen molar-refractivity contribution in [3.8, 4) is 0 Å². The van der Waals surface area contributed by atoms with Gasteiger partial charge in [0.1, 0.15) is 0 Å². The van der Waals surface area contributed by atoms with Gasteiger partial charge in [0.15, 0.2) is 0 Å². The van der Waals surface area contributed by atoms with E-state index in [0.717, 1.165) is 32.4 Å². The molecule has 0 aromatic carbocycles. The van der Waals surface area contributed by atoms with Gasteiger partial charge < -0.3 is 29.2 Å². The Labute approximate surface area is 191 Å². The minimum absolute atomic E-state index is 0.0234. The second-order valence-corrected chi connectivity index (χ2v) is 11.8. The summed E-state index contributed by atoms with van der Waals surface area (Å²) in [6.45, 7) is 4.86. The standard InChI is InChI=1S/C25H41NO6/c1-6-26-11-23(12-29-2)8-7-16(31-4)25-14-9-13-15(30-3)10-24(28,17(14)19(13)27)18(22(25)26)20(32-5)21(23)25/h13-22,27-28H,6-12H2,1-5H3/t13-,14+,15+,16-,17+,18-,19+,20+,21-,22+,23+,24-,25-/m0/s1. The van der Waals surface area contributed by atoms with E-state index < -0.39 is 11.7 Å². The fraction of sp³-hybridized carbons (Fsp3) is 1.00. The molecule has 0 aromatic rings. The number of rotatable bonds is 6. The molecule has 5 saturated carbocycles. The van der Waals surface area contributed by atoms with Crippen LogP contribution in [0.5, 0.6) is 0 Å². The lowest BCUT2D eigenvalue weighted by Crippen LogP contribution is -2.76. The highest BCUT2D eigenvalue weighted by atomic mass is 16.5. The van der Waals surface area contributed by atoms with Crippen LogP contribution >= 0.6 is 0 Å². The van der Waals surface area contributed by atoms with E-state index in [1.165, 1.54) is 0 Å². The van der Waals surface area contributed by atoms with Crippen molar-refractivity contribution in [3.05, 3.63) is 0 Å². The quantitative estimate of drug-likeness (QED) is 0.627. The Morgan fingerprint density at radius 3 is 2.47 bits per heavy atom. The van der Waals surface area contributed by atoms with Gasteiger partial charge in [-0.3, -0.25) is 4.90 Å². The van der Waals surface area contributed by atoms with Gasteiger partial charge in [0, 0.05) is 81.9 Å². The van der Waals surface area contributed by atoms with E-state index in [1.807, 2.05) is 21.3 Å². The summed E-state index contributed by atoms with van der Waals surface area (Å²) in [5.74, 6) is 0.310. The summed E-state index contributed by atoms with van der Waals surface area (Å²) in [6, 6.07) is 0.186. The van der Waals surface area contributed by atoms with Crippen LogP contribution in [0.4, 0.5) is 0 Å². The Morgan fingerprint density at radius 2 is 1.84 bits per heavy atom. The van der Waals surface area contributed by atoms with Crippen LogP contribution in [0.3, 0.4) is 0 Å². The van der Waals surface area contributed by atoms with Gasteiger partial charge in [0.25, 0.3) is 0 Å². The molecule has 6 rings (SSSR count). The largest absolute Gasteiger partial charge is 0.392 e. The molecular formula is C25H41NO6. The molecule has 1 aliphatic heterocycles. The van der Waals surface area contributed by atoms with Crippen molar-refractivity contribution in [1.29, 1.82) is 0 Å². The van der Waals surface area contributed by atoms with E-state index in [9.17, 15) is 10.2 Å². The lowest BCUT2D eigenvalue weighted by atomic mass is 9.43. The van der Waals surface area contributed by atoms with E-state index in [4.69, 9.17) is 18.9 Å². The summed E-state index contributed by atoms with van der Waals surface area (Å²) >= 11 is 0. The third kappa shape index (κ3) is 2.19. The summed E-state index contributed by atoms with van der Waals surface area (Å²) in [7, 11) is 7.23. The SMILES string of the molecule is CCN1C[C@@]2(COC)CC[C@H](OC)[C@@]34[C@@H]5C[C@@H]6[C@@H](O)[C@@H]5[C@@](O)(C[C@H]6OC)[C@@H]([C@@H](OC)[C@@H]23)[C@@H]14. The normalized spacial score (nSPS) is 60.1.